The fourth-order valence-corrected chi connectivity index (χ4v) is 9.14. The molecule has 0 aliphatic carbocycles. The smallest absolute Gasteiger partial charge is 0.325 e. The van der Waals surface area contributed by atoms with Gasteiger partial charge in [0.25, 0.3) is 0 Å². The summed E-state index contributed by atoms with van der Waals surface area (Å²) in [5, 5.41) is 47.4. The van der Waals surface area contributed by atoms with Gasteiger partial charge in [0.15, 0.2) is 0 Å². The minimum atomic E-state index is -1.13. The van der Waals surface area contributed by atoms with Crippen molar-refractivity contribution in [3.8, 4) is 0 Å². The lowest BCUT2D eigenvalue weighted by Gasteiger charge is -2.37. The SMILES string of the molecule is COC(=O)CN(CC(=O)Nc1ccc(CC2CN(CC(=O)O)CCN(CC(=O)O)CCN(CC(=O)O)CCN2CC(=O)O)cc1)C(=O)CCCCC1SCC2NC(=O)NC21. The van der Waals surface area contributed by atoms with Crippen LogP contribution >= 0.6 is 11.8 Å². The summed E-state index contributed by atoms with van der Waals surface area (Å²) in [6.45, 7) is -1.23. The number of carbonyl (C=O) groups is 8. The summed E-state index contributed by atoms with van der Waals surface area (Å²) < 4.78 is 4.76. The zero-order valence-corrected chi connectivity index (χ0v) is 34.5. The van der Waals surface area contributed by atoms with Gasteiger partial charge in [0, 0.05) is 75.0 Å². The maximum Gasteiger partial charge on any atom is 0.325 e. The molecule has 3 aliphatic rings. The average molecular weight is 865 g/mol. The van der Waals surface area contributed by atoms with E-state index in [-0.39, 0.29) is 108 Å². The number of anilines is 1. The van der Waals surface area contributed by atoms with Crippen LogP contribution in [-0.2, 0) is 44.7 Å². The Balaban J connectivity index is 1.41. The predicted octanol–water partition coefficient (Wildman–Crippen LogP) is -1.18. The number of methoxy groups -OCH3 is 1. The minimum Gasteiger partial charge on any atom is -0.480 e. The van der Waals surface area contributed by atoms with Crippen molar-refractivity contribution in [2.75, 3.05) is 103 Å². The highest BCUT2D eigenvalue weighted by Gasteiger charge is 2.42. The van der Waals surface area contributed by atoms with Crippen LogP contribution in [0.3, 0.4) is 0 Å². The molecule has 1 aromatic rings. The molecular weight excluding hydrogens is 809 g/mol. The molecule has 3 fully saturated rings. The number of esters is 1. The van der Waals surface area contributed by atoms with E-state index in [1.807, 2.05) is 0 Å². The molecule has 3 saturated heterocycles. The van der Waals surface area contributed by atoms with Gasteiger partial charge in [0.05, 0.1) is 45.4 Å². The van der Waals surface area contributed by atoms with Crippen LogP contribution in [0.1, 0.15) is 31.2 Å². The van der Waals surface area contributed by atoms with E-state index in [4.69, 9.17) is 4.74 Å². The summed E-state index contributed by atoms with van der Waals surface area (Å²) in [5.41, 5.74) is 1.10. The molecule has 60 heavy (non-hydrogen) atoms. The van der Waals surface area contributed by atoms with Crippen molar-refractivity contribution < 1.29 is 63.5 Å². The Kier molecular flexibility index (Phi) is 18.8. The van der Waals surface area contributed by atoms with Crippen LogP contribution in [0.25, 0.3) is 0 Å². The Hall–Kier alpha value is -5.03. The number of thioether (sulfide) groups is 1. The number of amides is 4. The van der Waals surface area contributed by atoms with Crippen LogP contribution < -0.4 is 16.0 Å². The monoisotopic (exact) mass is 864 g/mol. The summed E-state index contributed by atoms with van der Waals surface area (Å²) in [6, 6.07) is 6.08. The van der Waals surface area contributed by atoms with E-state index in [0.29, 0.717) is 24.1 Å². The molecule has 0 saturated carbocycles. The molecule has 332 valence electrons. The fourth-order valence-electron chi connectivity index (χ4n) is 7.60. The van der Waals surface area contributed by atoms with Crippen LogP contribution in [0.4, 0.5) is 10.5 Å². The number of hydrogen-bond donors (Lipinski definition) is 7. The topological polar surface area (TPSA) is 279 Å². The first kappa shape index (κ1) is 47.6. The molecule has 0 spiro atoms. The number of urea groups is 1. The summed E-state index contributed by atoms with van der Waals surface area (Å²) in [5.74, 6) is -5.25. The number of ether oxygens (including phenoxy) is 1. The third kappa shape index (κ3) is 16.2. The van der Waals surface area contributed by atoms with Crippen molar-refractivity contribution in [2.24, 2.45) is 0 Å². The van der Waals surface area contributed by atoms with E-state index < -0.39 is 61.4 Å². The van der Waals surface area contributed by atoms with Gasteiger partial charge in [-0.05, 0) is 37.0 Å². The van der Waals surface area contributed by atoms with E-state index in [9.17, 15) is 58.8 Å². The van der Waals surface area contributed by atoms with Crippen LogP contribution in [0, 0.1) is 0 Å². The largest absolute Gasteiger partial charge is 0.480 e. The van der Waals surface area contributed by atoms with Gasteiger partial charge in [-0.25, -0.2) is 4.79 Å². The Labute approximate surface area is 351 Å². The highest BCUT2D eigenvalue weighted by Crippen LogP contribution is 2.33. The molecule has 3 aliphatic heterocycles. The van der Waals surface area contributed by atoms with Crippen LogP contribution in [0.2, 0.25) is 0 Å². The van der Waals surface area contributed by atoms with E-state index in [0.717, 1.165) is 17.1 Å². The minimum absolute atomic E-state index is 0.0518. The van der Waals surface area contributed by atoms with Gasteiger partial charge < -0.3 is 46.0 Å². The third-order valence-electron chi connectivity index (χ3n) is 10.6. The van der Waals surface area contributed by atoms with Crippen molar-refractivity contribution in [1.29, 1.82) is 0 Å². The molecule has 22 heteroatoms. The number of hydrogen-bond acceptors (Lipinski definition) is 14. The highest BCUT2D eigenvalue weighted by atomic mass is 32.2. The molecular formula is C38H56N8O13S. The number of benzene rings is 1. The Morgan fingerprint density at radius 1 is 0.783 bits per heavy atom. The Morgan fingerprint density at radius 2 is 1.37 bits per heavy atom. The number of fused-ring (bicyclic) bond motifs is 1. The number of unbranched alkanes of at least 4 members (excludes halogenated alkanes) is 1. The van der Waals surface area contributed by atoms with Crippen LogP contribution in [-0.4, -0.2) is 214 Å². The molecule has 4 unspecified atom stereocenters. The highest BCUT2D eigenvalue weighted by molar-refractivity contribution is 8.00. The Bertz CT molecular complexity index is 1690. The number of carboxylic acid groups (broad SMARTS) is 4. The molecule has 1 aromatic carbocycles. The first-order chi connectivity index (χ1) is 28.6. The van der Waals surface area contributed by atoms with Crippen molar-refractivity contribution in [3.63, 3.8) is 0 Å². The molecule has 4 amide bonds. The molecule has 0 aromatic heterocycles. The number of aliphatic carboxylic acids is 4. The zero-order chi connectivity index (χ0) is 43.8. The summed E-state index contributed by atoms with van der Waals surface area (Å²) in [6.07, 6.45) is 2.39. The third-order valence-corrected chi connectivity index (χ3v) is 12.1. The summed E-state index contributed by atoms with van der Waals surface area (Å²) >= 11 is 1.78. The number of nitrogens with zero attached hydrogens (tertiary/aromatic N) is 5. The Morgan fingerprint density at radius 3 is 1.97 bits per heavy atom. The van der Waals surface area contributed by atoms with E-state index >= 15 is 0 Å². The summed E-state index contributed by atoms with van der Waals surface area (Å²) in [4.78, 5) is 105. The predicted molar refractivity (Wildman–Crippen MR) is 217 cm³/mol. The molecule has 4 atom stereocenters. The van der Waals surface area contributed by atoms with Crippen LogP contribution in [0.15, 0.2) is 24.3 Å². The van der Waals surface area contributed by atoms with Gasteiger partial charge in [0.2, 0.25) is 11.8 Å². The van der Waals surface area contributed by atoms with E-state index in [2.05, 4.69) is 16.0 Å². The van der Waals surface area contributed by atoms with Crippen molar-refractivity contribution >= 4 is 65.1 Å². The molecule has 0 bridgehead atoms. The van der Waals surface area contributed by atoms with Crippen molar-refractivity contribution in [1.82, 2.24) is 35.1 Å². The molecule has 0 radical (unpaired) electrons. The zero-order valence-electron chi connectivity index (χ0n) is 33.7. The van der Waals surface area contributed by atoms with Gasteiger partial charge in [0.1, 0.15) is 13.1 Å². The van der Waals surface area contributed by atoms with E-state index in [1.165, 1.54) is 7.11 Å². The lowest BCUT2D eigenvalue weighted by Crippen LogP contribution is -2.53. The molecule has 3 heterocycles. The number of nitrogens with one attached hydrogen (secondary N) is 3. The van der Waals surface area contributed by atoms with Gasteiger partial charge in [-0.2, -0.15) is 11.8 Å². The van der Waals surface area contributed by atoms with E-state index in [1.54, 1.807) is 55.6 Å². The first-order valence-corrected chi connectivity index (χ1v) is 20.8. The summed E-state index contributed by atoms with van der Waals surface area (Å²) in [7, 11) is 1.19. The molecule has 7 N–H and O–H groups in total. The lowest BCUT2D eigenvalue weighted by molar-refractivity contribution is -0.147. The van der Waals surface area contributed by atoms with Gasteiger partial charge in [-0.1, -0.05) is 18.6 Å². The quantitative estimate of drug-likeness (QED) is 0.0462. The second-order valence-electron chi connectivity index (χ2n) is 15.1. The maximum atomic E-state index is 13.2. The van der Waals surface area contributed by atoms with Gasteiger partial charge in [-0.15, -0.1) is 0 Å². The lowest BCUT2D eigenvalue weighted by atomic mass is 10.0. The second-order valence-corrected chi connectivity index (χ2v) is 16.4. The van der Waals surface area contributed by atoms with Crippen LogP contribution in [0.5, 0.6) is 0 Å². The number of carbonyl (C=O) groups excluding carboxylic acids is 4. The first-order valence-electron chi connectivity index (χ1n) is 19.8. The molecule has 21 nitrogen and oxygen atoms in total. The van der Waals surface area contributed by atoms with Gasteiger partial charge >= 0.3 is 35.9 Å². The second kappa shape index (κ2) is 23.7. The fraction of sp³-hybridized carbons (Fsp3) is 0.632. The van der Waals surface area contributed by atoms with Crippen molar-refractivity contribution in [2.45, 2.75) is 55.5 Å². The van der Waals surface area contributed by atoms with Crippen molar-refractivity contribution in [3.05, 3.63) is 29.8 Å². The number of carboxylic acids is 4. The van der Waals surface area contributed by atoms with Gasteiger partial charge in [-0.3, -0.25) is 53.2 Å². The normalized spacial score (nSPS) is 22.0. The molecule has 4 rings (SSSR count). The average Bonchev–Trinajstić information content (AvgIpc) is 3.73. The standard InChI is InChI=1S/C38H56N8O13S/c1-59-36(57)23-46(31(48)5-3-2-4-29-37-28(24-60-29)40-38(58)41-37)18-30(47)39-26-8-6-25(7-9-26)16-27-17-44(21-34(53)54)13-12-42(19-32(49)50)10-11-43(20-33(51)52)14-15-45(27)22-35(55)56/h6-9,27-29,37H,2-5,10-24H2,1H3,(H,39,47)(H,49,50)(H,51,52)(H,53,54)(H,55,56)(H2,40,41,58). The number of rotatable bonds is 20. The maximum absolute atomic E-state index is 13.2.